The average molecular weight is 454 g/mol. The highest BCUT2D eigenvalue weighted by Gasteiger charge is 2.19. The Bertz CT molecular complexity index is 1280. The second kappa shape index (κ2) is 8.70. The molecule has 4 aromatic rings. The van der Waals surface area contributed by atoms with E-state index in [9.17, 15) is 13.9 Å². The van der Waals surface area contributed by atoms with Crippen molar-refractivity contribution < 1.29 is 18.6 Å². The van der Waals surface area contributed by atoms with Gasteiger partial charge in [-0.25, -0.2) is 23.3 Å². The lowest BCUT2D eigenvalue weighted by atomic mass is 10.1. The molecule has 0 fully saturated rings. The van der Waals surface area contributed by atoms with Gasteiger partial charge in [0.1, 0.15) is 29.7 Å². The zero-order valence-corrected chi connectivity index (χ0v) is 18.7. The smallest absolute Gasteiger partial charge is 0.280 e. The van der Waals surface area contributed by atoms with E-state index in [2.05, 4.69) is 25.4 Å². The number of halogens is 2. The van der Waals surface area contributed by atoms with Crippen LogP contribution in [0.15, 0.2) is 42.7 Å². The van der Waals surface area contributed by atoms with Crippen molar-refractivity contribution in [2.75, 3.05) is 11.9 Å². The monoisotopic (exact) mass is 454 g/mol. The molecule has 0 aliphatic carbocycles. The lowest BCUT2D eigenvalue weighted by Crippen LogP contribution is -2.28. The summed E-state index contributed by atoms with van der Waals surface area (Å²) in [6.07, 6.45) is 0.270. The van der Waals surface area contributed by atoms with Crippen LogP contribution in [0.25, 0.3) is 16.6 Å². The quantitative estimate of drug-likeness (QED) is 0.420. The summed E-state index contributed by atoms with van der Waals surface area (Å²) in [6, 6.07) is 8.51. The number of hydrogen-bond donors (Lipinski definition) is 2. The number of pyridine rings is 2. The third-order valence-electron chi connectivity index (χ3n) is 4.69. The highest BCUT2D eigenvalue weighted by molar-refractivity contribution is 5.75. The van der Waals surface area contributed by atoms with Gasteiger partial charge in [0.05, 0.1) is 17.3 Å². The van der Waals surface area contributed by atoms with Crippen molar-refractivity contribution in [3.8, 4) is 16.9 Å². The summed E-state index contributed by atoms with van der Waals surface area (Å²) in [7, 11) is 0. The van der Waals surface area contributed by atoms with Gasteiger partial charge >= 0.3 is 0 Å². The molecule has 172 valence electrons. The highest BCUT2D eigenvalue weighted by atomic mass is 19.3. The maximum absolute atomic E-state index is 13.3. The number of alkyl halides is 2. The molecule has 0 spiro atoms. The van der Waals surface area contributed by atoms with Crippen LogP contribution in [0.5, 0.6) is 5.75 Å². The first-order valence-corrected chi connectivity index (χ1v) is 10.3. The number of aromatic nitrogens is 5. The first-order chi connectivity index (χ1) is 15.6. The Labute approximate surface area is 189 Å². The number of ether oxygens (including phenoxy) is 1. The van der Waals surface area contributed by atoms with Crippen LogP contribution in [0, 0.1) is 13.8 Å². The SMILES string of the molecule is Cc1cc(Nc2cc3cc(-c4cc(C(F)F)ncc4OCC(C)(C)O)ccn3n2)nc(C)n1. The lowest BCUT2D eigenvalue weighted by Gasteiger charge is -2.19. The van der Waals surface area contributed by atoms with Gasteiger partial charge in [-0.15, -0.1) is 0 Å². The van der Waals surface area contributed by atoms with Crippen LogP contribution < -0.4 is 10.1 Å². The van der Waals surface area contributed by atoms with Gasteiger partial charge < -0.3 is 15.2 Å². The maximum atomic E-state index is 13.3. The molecule has 0 aliphatic rings. The number of aliphatic hydroxyl groups is 1. The van der Waals surface area contributed by atoms with Gasteiger partial charge in [-0.05, 0) is 51.5 Å². The van der Waals surface area contributed by atoms with Gasteiger partial charge in [0.25, 0.3) is 6.43 Å². The molecule has 10 heteroatoms. The second-order valence-corrected chi connectivity index (χ2v) is 8.39. The Hall–Kier alpha value is -3.66. The molecule has 0 saturated carbocycles. The fourth-order valence-corrected chi connectivity index (χ4v) is 3.31. The minimum absolute atomic E-state index is 0.0174. The van der Waals surface area contributed by atoms with E-state index in [0.717, 1.165) is 11.2 Å². The third-order valence-corrected chi connectivity index (χ3v) is 4.69. The Morgan fingerprint density at radius 3 is 2.61 bits per heavy atom. The molecular formula is C23H24F2N6O2. The first-order valence-electron chi connectivity index (χ1n) is 10.3. The minimum Gasteiger partial charge on any atom is -0.488 e. The predicted molar refractivity (Wildman–Crippen MR) is 120 cm³/mol. The average Bonchev–Trinajstić information content (AvgIpc) is 3.12. The summed E-state index contributed by atoms with van der Waals surface area (Å²) in [5.41, 5.74) is 1.23. The topological polar surface area (TPSA) is 97.5 Å². The molecule has 0 radical (unpaired) electrons. The fraction of sp³-hybridized carbons (Fsp3) is 0.304. The number of anilines is 2. The number of nitrogens with one attached hydrogen (secondary N) is 1. The maximum Gasteiger partial charge on any atom is 0.280 e. The van der Waals surface area contributed by atoms with Gasteiger partial charge in [0.2, 0.25) is 0 Å². The molecule has 4 rings (SSSR count). The second-order valence-electron chi connectivity index (χ2n) is 8.39. The van der Waals surface area contributed by atoms with E-state index in [0.29, 0.717) is 34.3 Å². The van der Waals surface area contributed by atoms with Crippen LogP contribution in [0.1, 0.15) is 37.5 Å². The van der Waals surface area contributed by atoms with Crippen LogP contribution >= 0.6 is 0 Å². The van der Waals surface area contributed by atoms with Gasteiger partial charge in [-0.3, -0.25) is 4.98 Å². The van der Waals surface area contributed by atoms with Gasteiger partial charge in [-0.1, -0.05) is 0 Å². The highest BCUT2D eigenvalue weighted by Crippen LogP contribution is 2.34. The van der Waals surface area contributed by atoms with E-state index >= 15 is 0 Å². The Balaban J connectivity index is 1.69. The summed E-state index contributed by atoms with van der Waals surface area (Å²) in [4.78, 5) is 12.4. The van der Waals surface area contributed by atoms with Crippen LogP contribution in [-0.2, 0) is 0 Å². The standard InChI is InChI=1S/C23H24F2N6O2/c1-13-7-20(28-14(2)27-13)29-21-9-16-8-15(5-6-31(16)30-21)17-10-18(22(24)25)26-11-19(17)33-12-23(3,4)32/h5-11,22,32H,12H2,1-4H3,(H,27,28,29,30). The molecule has 0 aliphatic heterocycles. The van der Waals surface area contributed by atoms with Crippen molar-refractivity contribution in [3.63, 3.8) is 0 Å². The summed E-state index contributed by atoms with van der Waals surface area (Å²) in [5.74, 6) is 2.15. The number of nitrogens with zero attached hydrogens (tertiary/aromatic N) is 5. The van der Waals surface area contributed by atoms with Crippen molar-refractivity contribution in [2.45, 2.75) is 39.7 Å². The molecule has 2 N–H and O–H groups in total. The van der Waals surface area contributed by atoms with Crippen LogP contribution in [0.4, 0.5) is 20.4 Å². The Morgan fingerprint density at radius 1 is 1.12 bits per heavy atom. The van der Waals surface area contributed by atoms with Crippen molar-refractivity contribution in [2.24, 2.45) is 0 Å². The summed E-state index contributed by atoms with van der Waals surface area (Å²) >= 11 is 0. The molecule has 0 atom stereocenters. The lowest BCUT2D eigenvalue weighted by molar-refractivity contribution is 0.0285. The molecule has 0 amide bonds. The number of fused-ring (bicyclic) bond motifs is 1. The first kappa shape index (κ1) is 22.5. The van der Waals surface area contributed by atoms with Gasteiger partial charge in [-0.2, -0.15) is 5.10 Å². The molecule has 0 unspecified atom stereocenters. The normalized spacial score (nSPS) is 11.9. The summed E-state index contributed by atoms with van der Waals surface area (Å²) in [6.45, 7) is 6.88. The van der Waals surface area contributed by atoms with E-state index in [-0.39, 0.29) is 12.3 Å². The number of rotatable bonds is 7. The summed E-state index contributed by atoms with van der Waals surface area (Å²) in [5, 5.41) is 17.6. The van der Waals surface area contributed by atoms with E-state index in [1.807, 2.05) is 32.0 Å². The van der Waals surface area contributed by atoms with Gasteiger partial charge in [0.15, 0.2) is 5.82 Å². The van der Waals surface area contributed by atoms with Crippen molar-refractivity contribution in [1.29, 1.82) is 0 Å². The van der Waals surface area contributed by atoms with E-state index in [1.165, 1.54) is 12.3 Å². The molecule has 33 heavy (non-hydrogen) atoms. The third kappa shape index (κ3) is 5.40. The predicted octanol–water partition coefficient (Wildman–Crippen LogP) is 4.63. The summed E-state index contributed by atoms with van der Waals surface area (Å²) < 4.78 is 34.0. The fourth-order valence-electron chi connectivity index (χ4n) is 3.31. The Morgan fingerprint density at radius 2 is 1.91 bits per heavy atom. The minimum atomic E-state index is -2.72. The zero-order chi connectivity index (χ0) is 23.8. The molecule has 0 bridgehead atoms. The van der Waals surface area contributed by atoms with Crippen molar-refractivity contribution in [3.05, 3.63) is 59.9 Å². The van der Waals surface area contributed by atoms with E-state index in [4.69, 9.17) is 4.74 Å². The van der Waals surface area contributed by atoms with Gasteiger partial charge in [0, 0.05) is 29.6 Å². The molecule has 0 aromatic carbocycles. The van der Waals surface area contributed by atoms with Crippen molar-refractivity contribution in [1.82, 2.24) is 24.6 Å². The number of aryl methyl sites for hydroxylation is 2. The van der Waals surface area contributed by atoms with Crippen LogP contribution in [0.3, 0.4) is 0 Å². The Kier molecular flexibility index (Phi) is 5.94. The molecule has 0 saturated heterocycles. The largest absolute Gasteiger partial charge is 0.488 e. The molecule has 8 nitrogen and oxygen atoms in total. The zero-order valence-electron chi connectivity index (χ0n) is 18.7. The van der Waals surface area contributed by atoms with Crippen molar-refractivity contribution >= 4 is 17.2 Å². The molecule has 4 heterocycles. The molecular weight excluding hydrogens is 430 g/mol. The molecule has 4 aromatic heterocycles. The van der Waals surface area contributed by atoms with Crippen LogP contribution in [0.2, 0.25) is 0 Å². The van der Waals surface area contributed by atoms with Crippen LogP contribution in [-0.4, -0.2) is 41.9 Å². The van der Waals surface area contributed by atoms with E-state index in [1.54, 1.807) is 30.6 Å². The van der Waals surface area contributed by atoms with E-state index < -0.39 is 12.0 Å². The number of hydrogen-bond acceptors (Lipinski definition) is 7.